The SMILES string of the molecule is CCCCCCCCCC1COC(c2ccc(-c3cccc(F)c3F)cc2)OC1.CC[C@H](C)[C@H](C)F. The van der Waals surface area contributed by atoms with Crippen LogP contribution in [0, 0.1) is 23.5 Å². The van der Waals surface area contributed by atoms with E-state index in [0.717, 1.165) is 24.5 Å². The Bertz CT molecular complexity index is 845. The highest BCUT2D eigenvalue weighted by Crippen LogP contribution is 2.30. The molecule has 0 saturated carbocycles. The lowest BCUT2D eigenvalue weighted by Crippen LogP contribution is -2.27. The van der Waals surface area contributed by atoms with Crippen LogP contribution < -0.4 is 0 Å². The highest BCUT2D eigenvalue weighted by molar-refractivity contribution is 5.64. The van der Waals surface area contributed by atoms with E-state index in [0.29, 0.717) is 24.7 Å². The summed E-state index contributed by atoms with van der Waals surface area (Å²) in [6, 6.07) is 11.5. The number of hydrogen-bond acceptors (Lipinski definition) is 2. The zero-order valence-electron chi connectivity index (χ0n) is 22.6. The lowest BCUT2D eigenvalue weighted by atomic mass is 10.00. The maximum atomic E-state index is 14.0. The molecule has 0 bridgehead atoms. The molecular formula is C31H45F3O2. The summed E-state index contributed by atoms with van der Waals surface area (Å²) < 4.78 is 51.3. The van der Waals surface area contributed by atoms with Crippen LogP contribution in [0.2, 0.25) is 0 Å². The lowest BCUT2D eigenvalue weighted by molar-refractivity contribution is -0.206. The predicted octanol–water partition coefficient (Wildman–Crippen LogP) is 9.82. The van der Waals surface area contributed by atoms with Crippen molar-refractivity contribution in [2.75, 3.05) is 13.2 Å². The molecule has 1 aliphatic rings. The largest absolute Gasteiger partial charge is 0.348 e. The fraction of sp³-hybridized carbons (Fsp3) is 0.613. The van der Waals surface area contributed by atoms with Crippen LogP contribution in [0.3, 0.4) is 0 Å². The highest BCUT2D eigenvalue weighted by atomic mass is 19.2. The second-order valence-corrected chi connectivity index (χ2v) is 10.1. The van der Waals surface area contributed by atoms with Crippen molar-refractivity contribution in [2.45, 2.75) is 97.9 Å². The zero-order chi connectivity index (χ0) is 26.3. The van der Waals surface area contributed by atoms with Gasteiger partial charge in [0.05, 0.1) is 19.4 Å². The smallest absolute Gasteiger partial charge is 0.183 e. The van der Waals surface area contributed by atoms with Crippen molar-refractivity contribution < 1.29 is 22.6 Å². The number of halogens is 3. The third-order valence-corrected chi connectivity index (χ3v) is 7.06. The van der Waals surface area contributed by atoms with Gasteiger partial charge >= 0.3 is 0 Å². The summed E-state index contributed by atoms with van der Waals surface area (Å²) in [7, 11) is 0. The van der Waals surface area contributed by atoms with Gasteiger partial charge in [0.15, 0.2) is 17.9 Å². The molecule has 2 atom stereocenters. The van der Waals surface area contributed by atoms with Crippen molar-refractivity contribution in [3.63, 3.8) is 0 Å². The lowest BCUT2D eigenvalue weighted by Gasteiger charge is -2.29. The molecule has 2 nitrogen and oxygen atoms in total. The van der Waals surface area contributed by atoms with Crippen LogP contribution in [0.1, 0.15) is 97.3 Å². The molecule has 36 heavy (non-hydrogen) atoms. The Morgan fingerprint density at radius 1 is 0.833 bits per heavy atom. The molecule has 0 aromatic heterocycles. The Morgan fingerprint density at radius 3 is 2.00 bits per heavy atom. The molecule has 0 unspecified atom stereocenters. The van der Waals surface area contributed by atoms with E-state index in [-0.39, 0.29) is 17.8 Å². The third kappa shape index (κ3) is 10.3. The number of ether oxygens (including phenoxy) is 2. The van der Waals surface area contributed by atoms with Crippen LogP contribution in [-0.4, -0.2) is 19.4 Å². The van der Waals surface area contributed by atoms with Gasteiger partial charge in [0.25, 0.3) is 0 Å². The monoisotopic (exact) mass is 506 g/mol. The minimum atomic E-state index is -0.836. The molecule has 0 aliphatic carbocycles. The van der Waals surface area contributed by atoms with E-state index in [9.17, 15) is 13.2 Å². The first-order valence-corrected chi connectivity index (χ1v) is 13.8. The first-order chi connectivity index (χ1) is 17.4. The van der Waals surface area contributed by atoms with Crippen molar-refractivity contribution in [1.82, 2.24) is 0 Å². The average Bonchev–Trinajstić information content (AvgIpc) is 2.90. The van der Waals surface area contributed by atoms with Crippen molar-refractivity contribution in [1.29, 1.82) is 0 Å². The fourth-order valence-electron chi connectivity index (χ4n) is 4.16. The number of rotatable bonds is 12. The van der Waals surface area contributed by atoms with Gasteiger partial charge in [0.2, 0.25) is 0 Å². The second-order valence-electron chi connectivity index (χ2n) is 10.1. The maximum Gasteiger partial charge on any atom is 0.183 e. The standard InChI is InChI=1S/C25H32F2O2.C6H13F/c1-2-3-4-5-6-7-8-10-19-17-28-25(29-18-19)21-15-13-20(14-16-21)22-11-9-12-23(26)24(22)27;1-4-5(2)6(3)7/h9,11-16,19,25H,2-8,10,17-18H2,1H3;5-6H,4H2,1-3H3/t;5-,6-/m.0/s1. The molecule has 2 aromatic carbocycles. The Morgan fingerprint density at radius 2 is 1.44 bits per heavy atom. The number of hydrogen-bond donors (Lipinski definition) is 0. The van der Waals surface area contributed by atoms with Gasteiger partial charge < -0.3 is 9.47 Å². The molecule has 0 N–H and O–H groups in total. The van der Waals surface area contributed by atoms with Crippen molar-refractivity contribution in [3.05, 3.63) is 59.7 Å². The average molecular weight is 507 g/mol. The van der Waals surface area contributed by atoms with Crippen LogP contribution in [0.4, 0.5) is 13.2 Å². The van der Waals surface area contributed by atoms with Crippen molar-refractivity contribution >= 4 is 0 Å². The number of alkyl halides is 1. The first-order valence-electron chi connectivity index (χ1n) is 13.8. The summed E-state index contributed by atoms with van der Waals surface area (Å²) in [4.78, 5) is 0. The van der Waals surface area contributed by atoms with Gasteiger partial charge in [-0.15, -0.1) is 0 Å². The second kappa shape index (κ2) is 16.8. The van der Waals surface area contributed by atoms with E-state index >= 15 is 0 Å². The Kier molecular flexibility index (Phi) is 14.2. The normalized spacial score (nSPS) is 19.3. The molecule has 0 amide bonds. The Hall–Kier alpha value is -1.85. The van der Waals surface area contributed by atoms with Crippen molar-refractivity contribution in [3.8, 4) is 11.1 Å². The molecule has 3 rings (SSSR count). The summed E-state index contributed by atoms with van der Waals surface area (Å²) in [5.41, 5.74) is 1.80. The number of benzene rings is 2. The van der Waals surface area contributed by atoms with Crippen LogP contribution in [0.25, 0.3) is 11.1 Å². The van der Waals surface area contributed by atoms with E-state index in [2.05, 4.69) is 6.92 Å². The Balaban J connectivity index is 0.000000572. The summed E-state index contributed by atoms with van der Waals surface area (Å²) in [5, 5.41) is 0. The topological polar surface area (TPSA) is 18.5 Å². The van der Waals surface area contributed by atoms with Crippen LogP contribution in [0.15, 0.2) is 42.5 Å². The molecule has 202 valence electrons. The van der Waals surface area contributed by atoms with E-state index in [4.69, 9.17) is 9.47 Å². The molecule has 1 aliphatic heterocycles. The van der Waals surface area contributed by atoms with Gasteiger partial charge in [0, 0.05) is 17.0 Å². The number of unbranched alkanes of at least 4 members (excludes halogenated alkanes) is 6. The van der Waals surface area contributed by atoms with E-state index in [1.54, 1.807) is 25.1 Å². The van der Waals surface area contributed by atoms with E-state index < -0.39 is 17.8 Å². The Labute approximate surface area is 216 Å². The molecule has 0 radical (unpaired) electrons. The molecule has 0 spiro atoms. The summed E-state index contributed by atoms with van der Waals surface area (Å²) in [5.74, 6) is -0.960. The van der Waals surface area contributed by atoms with Gasteiger partial charge in [-0.3, -0.25) is 0 Å². The van der Waals surface area contributed by atoms with Crippen LogP contribution >= 0.6 is 0 Å². The minimum absolute atomic E-state index is 0.236. The van der Waals surface area contributed by atoms with Gasteiger partial charge in [0.1, 0.15) is 0 Å². The molecular weight excluding hydrogens is 461 g/mol. The predicted molar refractivity (Wildman–Crippen MR) is 143 cm³/mol. The zero-order valence-corrected chi connectivity index (χ0v) is 22.6. The summed E-state index contributed by atoms with van der Waals surface area (Å²) in [6.45, 7) is 9.19. The van der Waals surface area contributed by atoms with E-state index in [1.807, 2.05) is 26.0 Å². The van der Waals surface area contributed by atoms with Gasteiger partial charge in [-0.25, -0.2) is 13.2 Å². The quantitative estimate of drug-likeness (QED) is 0.267. The third-order valence-electron chi connectivity index (χ3n) is 7.06. The van der Waals surface area contributed by atoms with Gasteiger partial charge in [-0.05, 0) is 30.9 Å². The highest BCUT2D eigenvalue weighted by Gasteiger charge is 2.23. The van der Waals surface area contributed by atoms with Gasteiger partial charge in [-0.1, -0.05) is 109 Å². The molecule has 2 aromatic rings. The molecule has 1 fully saturated rings. The summed E-state index contributed by atoms with van der Waals surface area (Å²) in [6.07, 6.45) is 10.3. The minimum Gasteiger partial charge on any atom is -0.348 e. The van der Waals surface area contributed by atoms with Gasteiger partial charge in [-0.2, -0.15) is 0 Å². The maximum absolute atomic E-state index is 14.0. The van der Waals surface area contributed by atoms with E-state index in [1.165, 1.54) is 51.0 Å². The first kappa shape index (κ1) is 30.4. The summed E-state index contributed by atoms with van der Waals surface area (Å²) >= 11 is 0. The molecule has 1 heterocycles. The van der Waals surface area contributed by atoms with Crippen LogP contribution in [-0.2, 0) is 9.47 Å². The van der Waals surface area contributed by atoms with Crippen LogP contribution in [0.5, 0.6) is 0 Å². The fourth-order valence-corrected chi connectivity index (χ4v) is 4.16. The molecule has 5 heteroatoms. The molecule has 1 saturated heterocycles. The van der Waals surface area contributed by atoms with Crippen molar-refractivity contribution in [2.24, 2.45) is 11.8 Å².